The molecular formula is C15H20Cl2N8. The Balaban J connectivity index is 0.00000156. The average molecular weight is 383 g/mol. The molecule has 0 amide bonds. The van der Waals surface area contributed by atoms with Gasteiger partial charge in [-0.2, -0.15) is 9.97 Å². The van der Waals surface area contributed by atoms with Crippen LogP contribution in [0.5, 0.6) is 0 Å². The number of hydrogen-bond donors (Lipinski definition) is 3. The molecule has 0 saturated heterocycles. The molecule has 0 radical (unpaired) electrons. The molecule has 1 aromatic carbocycles. The van der Waals surface area contributed by atoms with Crippen LogP contribution in [-0.4, -0.2) is 38.9 Å². The van der Waals surface area contributed by atoms with Crippen molar-refractivity contribution in [2.24, 2.45) is 0 Å². The fourth-order valence-electron chi connectivity index (χ4n) is 2.34. The molecule has 2 aromatic heterocycles. The average Bonchev–Trinajstić information content (AvgIpc) is 2.47. The summed E-state index contributed by atoms with van der Waals surface area (Å²) in [6.45, 7) is 0.860. The van der Waals surface area contributed by atoms with Gasteiger partial charge in [-0.05, 0) is 19.7 Å². The van der Waals surface area contributed by atoms with Crippen molar-refractivity contribution in [1.82, 2.24) is 24.8 Å². The highest BCUT2D eigenvalue weighted by Crippen LogP contribution is 2.26. The Morgan fingerprint density at radius 3 is 2.08 bits per heavy atom. The lowest BCUT2D eigenvalue weighted by atomic mass is 10.1. The smallest absolute Gasteiger partial charge is 0.224 e. The van der Waals surface area contributed by atoms with E-state index in [0.717, 1.165) is 12.1 Å². The molecule has 0 saturated carbocycles. The van der Waals surface area contributed by atoms with Crippen molar-refractivity contribution in [3.8, 4) is 11.3 Å². The van der Waals surface area contributed by atoms with Gasteiger partial charge in [-0.1, -0.05) is 24.3 Å². The van der Waals surface area contributed by atoms with Gasteiger partial charge in [0.1, 0.15) is 5.69 Å². The minimum absolute atomic E-state index is 0. The Labute approximate surface area is 157 Å². The number of halogens is 2. The maximum absolute atomic E-state index is 6.01. The van der Waals surface area contributed by atoms with Crippen LogP contribution >= 0.6 is 24.8 Å². The minimum Gasteiger partial charge on any atom is -0.382 e. The lowest BCUT2D eigenvalue weighted by Gasteiger charge is -2.11. The first-order valence-corrected chi connectivity index (χ1v) is 7.04. The number of anilines is 3. The van der Waals surface area contributed by atoms with E-state index in [0.29, 0.717) is 16.9 Å². The van der Waals surface area contributed by atoms with Gasteiger partial charge < -0.3 is 22.1 Å². The standard InChI is InChI=1S/C15H18N8.2ClH/c1-23(2)7-8-3-5-9(6-4-8)10-12(16)20-14-11(19-10)13(17)21-15(18)22-14;;/h3-6H,7H2,1-2H3,(H6,16,17,18,20,21,22);2*1H. The SMILES string of the molecule is CN(C)Cc1ccc(-c2nc3c(N)nc(N)nc3nc2N)cc1.Cl.Cl. The van der Waals surface area contributed by atoms with E-state index in [1.807, 2.05) is 38.4 Å². The van der Waals surface area contributed by atoms with Crippen molar-refractivity contribution in [3.05, 3.63) is 29.8 Å². The molecule has 0 atom stereocenters. The summed E-state index contributed by atoms with van der Waals surface area (Å²) in [6, 6.07) is 7.98. The summed E-state index contributed by atoms with van der Waals surface area (Å²) >= 11 is 0. The van der Waals surface area contributed by atoms with Crippen molar-refractivity contribution >= 4 is 53.6 Å². The van der Waals surface area contributed by atoms with Crippen LogP contribution in [0.25, 0.3) is 22.4 Å². The van der Waals surface area contributed by atoms with Gasteiger partial charge in [0.25, 0.3) is 0 Å². The van der Waals surface area contributed by atoms with Crippen LogP contribution in [0, 0.1) is 0 Å². The summed E-state index contributed by atoms with van der Waals surface area (Å²) in [4.78, 5) is 18.7. The third kappa shape index (κ3) is 4.36. The van der Waals surface area contributed by atoms with Gasteiger partial charge in [0.2, 0.25) is 5.95 Å². The summed E-state index contributed by atoms with van der Waals surface area (Å²) in [6.07, 6.45) is 0. The summed E-state index contributed by atoms with van der Waals surface area (Å²) in [5.74, 6) is 0.505. The van der Waals surface area contributed by atoms with Gasteiger partial charge in [0.15, 0.2) is 22.8 Å². The van der Waals surface area contributed by atoms with Gasteiger partial charge in [0, 0.05) is 12.1 Å². The summed E-state index contributed by atoms with van der Waals surface area (Å²) in [5.41, 5.74) is 20.7. The molecule has 0 fully saturated rings. The van der Waals surface area contributed by atoms with E-state index in [9.17, 15) is 0 Å². The molecule has 0 aliphatic rings. The Morgan fingerprint density at radius 2 is 1.48 bits per heavy atom. The highest BCUT2D eigenvalue weighted by Gasteiger charge is 2.13. The second-order valence-electron chi connectivity index (χ2n) is 5.53. The highest BCUT2D eigenvalue weighted by molar-refractivity contribution is 5.87. The van der Waals surface area contributed by atoms with Crippen LogP contribution in [-0.2, 0) is 6.54 Å². The second-order valence-corrected chi connectivity index (χ2v) is 5.53. The number of nitrogen functional groups attached to an aromatic ring is 3. The van der Waals surface area contributed by atoms with Crippen molar-refractivity contribution in [2.75, 3.05) is 31.3 Å². The van der Waals surface area contributed by atoms with E-state index in [1.54, 1.807) is 0 Å². The summed E-state index contributed by atoms with van der Waals surface area (Å²) < 4.78 is 0. The zero-order valence-corrected chi connectivity index (χ0v) is 15.4. The quantitative estimate of drug-likeness (QED) is 0.623. The molecule has 2 heterocycles. The third-order valence-electron chi connectivity index (χ3n) is 3.33. The van der Waals surface area contributed by atoms with E-state index in [2.05, 4.69) is 24.8 Å². The van der Waals surface area contributed by atoms with Gasteiger partial charge >= 0.3 is 0 Å². The number of aromatic nitrogens is 4. The Kier molecular flexibility index (Phi) is 6.69. The number of nitrogens with two attached hydrogens (primary N) is 3. The van der Waals surface area contributed by atoms with E-state index in [4.69, 9.17) is 17.2 Å². The largest absolute Gasteiger partial charge is 0.382 e. The van der Waals surface area contributed by atoms with Crippen LogP contribution < -0.4 is 17.2 Å². The molecule has 0 aliphatic carbocycles. The molecule has 134 valence electrons. The monoisotopic (exact) mass is 382 g/mol. The zero-order chi connectivity index (χ0) is 16.6. The number of benzene rings is 1. The molecule has 0 aliphatic heterocycles. The molecular weight excluding hydrogens is 363 g/mol. The lowest BCUT2D eigenvalue weighted by molar-refractivity contribution is 0.402. The lowest BCUT2D eigenvalue weighted by Crippen LogP contribution is -2.10. The first kappa shape index (κ1) is 20.6. The minimum atomic E-state index is 0. The maximum Gasteiger partial charge on any atom is 0.224 e. The van der Waals surface area contributed by atoms with E-state index in [-0.39, 0.29) is 42.4 Å². The first-order valence-electron chi connectivity index (χ1n) is 7.04. The van der Waals surface area contributed by atoms with Crippen molar-refractivity contribution in [2.45, 2.75) is 6.54 Å². The van der Waals surface area contributed by atoms with Gasteiger partial charge in [0.05, 0.1) is 0 Å². The topological polar surface area (TPSA) is 133 Å². The molecule has 3 rings (SSSR count). The maximum atomic E-state index is 6.01. The van der Waals surface area contributed by atoms with Crippen molar-refractivity contribution in [3.63, 3.8) is 0 Å². The molecule has 3 aromatic rings. The molecule has 6 N–H and O–H groups in total. The fourth-order valence-corrected chi connectivity index (χ4v) is 2.34. The third-order valence-corrected chi connectivity index (χ3v) is 3.33. The Morgan fingerprint density at radius 1 is 0.840 bits per heavy atom. The molecule has 25 heavy (non-hydrogen) atoms. The van der Waals surface area contributed by atoms with Crippen molar-refractivity contribution in [1.29, 1.82) is 0 Å². The van der Waals surface area contributed by atoms with Gasteiger partial charge in [-0.15, -0.1) is 24.8 Å². The molecule has 10 heteroatoms. The van der Waals surface area contributed by atoms with Crippen LogP contribution in [0.15, 0.2) is 24.3 Å². The predicted molar refractivity (Wildman–Crippen MR) is 106 cm³/mol. The number of hydrogen-bond acceptors (Lipinski definition) is 8. The summed E-state index contributed by atoms with van der Waals surface area (Å²) in [7, 11) is 4.05. The Hall–Kier alpha value is -2.42. The van der Waals surface area contributed by atoms with Crippen molar-refractivity contribution < 1.29 is 0 Å². The first-order chi connectivity index (χ1) is 10.9. The number of nitrogens with zero attached hydrogens (tertiary/aromatic N) is 5. The zero-order valence-electron chi connectivity index (χ0n) is 13.8. The number of rotatable bonds is 3. The normalized spacial score (nSPS) is 10.4. The van der Waals surface area contributed by atoms with Gasteiger partial charge in [-0.3, -0.25) is 0 Å². The molecule has 0 spiro atoms. The summed E-state index contributed by atoms with van der Waals surface area (Å²) in [5, 5.41) is 0. The molecule has 8 nitrogen and oxygen atoms in total. The van der Waals surface area contributed by atoms with Crippen LogP contribution in [0.1, 0.15) is 5.56 Å². The van der Waals surface area contributed by atoms with Gasteiger partial charge in [-0.25, -0.2) is 9.97 Å². The van der Waals surface area contributed by atoms with Crippen LogP contribution in [0.3, 0.4) is 0 Å². The predicted octanol–water partition coefficient (Wildman–Crippen LogP) is 1.74. The van der Waals surface area contributed by atoms with E-state index >= 15 is 0 Å². The van der Waals surface area contributed by atoms with Crippen LogP contribution in [0.4, 0.5) is 17.6 Å². The van der Waals surface area contributed by atoms with E-state index in [1.165, 1.54) is 5.56 Å². The highest BCUT2D eigenvalue weighted by atomic mass is 35.5. The fraction of sp³-hybridized carbons (Fsp3) is 0.200. The second kappa shape index (κ2) is 8.11. The number of fused-ring (bicyclic) bond motifs is 1. The Bertz CT molecular complexity index is 868. The van der Waals surface area contributed by atoms with E-state index < -0.39 is 0 Å². The molecule has 0 bridgehead atoms. The van der Waals surface area contributed by atoms with Crippen LogP contribution in [0.2, 0.25) is 0 Å². The molecule has 0 unspecified atom stereocenters.